The third-order valence-electron chi connectivity index (χ3n) is 6.87. The SMILES string of the molecule is CC(C)(C)OC(=O)NC1(C(=O)N(N)c2ccccc2OCc2ccccc2)CCN(c2ncnc3[nH]ncc23)CC1. The Bertz CT molecular complexity index is 1510. The van der Waals surface area contributed by atoms with E-state index in [-0.39, 0.29) is 12.8 Å². The number of H-pyrrole nitrogens is 1. The lowest BCUT2D eigenvalue weighted by Gasteiger charge is -2.43. The highest BCUT2D eigenvalue weighted by molar-refractivity contribution is 6.02. The van der Waals surface area contributed by atoms with Gasteiger partial charge in [0.1, 0.15) is 41.3 Å². The number of aromatic amines is 1. The number of para-hydroxylation sites is 2. The molecule has 4 aromatic rings. The molecule has 0 unspecified atom stereocenters. The Morgan fingerprint density at radius 3 is 2.51 bits per heavy atom. The van der Waals surface area contributed by atoms with Gasteiger partial charge >= 0.3 is 6.09 Å². The van der Waals surface area contributed by atoms with Crippen LogP contribution in [-0.2, 0) is 16.1 Å². The summed E-state index contributed by atoms with van der Waals surface area (Å²) in [5.41, 5.74) is -0.0949. The Balaban J connectivity index is 1.39. The van der Waals surface area contributed by atoms with Crippen LogP contribution in [0.15, 0.2) is 67.1 Å². The lowest BCUT2D eigenvalue weighted by molar-refractivity contribution is -0.126. The molecule has 214 valence electrons. The summed E-state index contributed by atoms with van der Waals surface area (Å²) in [6.07, 6.45) is 2.96. The van der Waals surface area contributed by atoms with Gasteiger partial charge in [-0.15, -0.1) is 0 Å². The Kier molecular flexibility index (Phi) is 7.75. The minimum atomic E-state index is -1.33. The number of hydrogen-bond donors (Lipinski definition) is 3. The molecule has 2 amide bonds. The molecular formula is C29H34N8O4. The molecule has 2 aromatic heterocycles. The number of aromatic nitrogens is 4. The molecule has 1 aliphatic heterocycles. The third kappa shape index (κ3) is 6.22. The van der Waals surface area contributed by atoms with E-state index in [0.717, 1.165) is 16.0 Å². The number of amides is 2. The summed E-state index contributed by atoms with van der Waals surface area (Å²) in [7, 11) is 0. The fourth-order valence-corrected chi connectivity index (χ4v) is 4.85. The predicted molar refractivity (Wildman–Crippen MR) is 154 cm³/mol. The van der Waals surface area contributed by atoms with Gasteiger partial charge in [-0.1, -0.05) is 42.5 Å². The van der Waals surface area contributed by atoms with Gasteiger partial charge in [0, 0.05) is 13.1 Å². The molecule has 0 radical (unpaired) electrons. The zero-order chi connectivity index (χ0) is 29.0. The van der Waals surface area contributed by atoms with E-state index in [1.807, 2.05) is 41.3 Å². The van der Waals surface area contributed by atoms with Crippen molar-refractivity contribution in [1.82, 2.24) is 25.5 Å². The summed E-state index contributed by atoms with van der Waals surface area (Å²) in [6, 6.07) is 16.8. The van der Waals surface area contributed by atoms with Crippen LogP contribution in [0.2, 0.25) is 0 Å². The van der Waals surface area contributed by atoms with Crippen LogP contribution in [0.1, 0.15) is 39.2 Å². The zero-order valence-electron chi connectivity index (χ0n) is 23.3. The highest BCUT2D eigenvalue weighted by atomic mass is 16.6. The number of rotatable bonds is 7. The molecule has 1 fully saturated rings. The van der Waals surface area contributed by atoms with Crippen molar-refractivity contribution < 1.29 is 19.1 Å². The summed E-state index contributed by atoms with van der Waals surface area (Å²) in [4.78, 5) is 37.9. The van der Waals surface area contributed by atoms with Crippen molar-refractivity contribution >= 4 is 34.5 Å². The highest BCUT2D eigenvalue weighted by Gasteiger charge is 2.46. The first-order valence-electron chi connectivity index (χ1n) is 13.4. The first kappa shape index (κ1) is 27.8. The van der Waals surface area contributed by atoms with Crippen LogP contribution in [0.5, 0.6) is 5.75 Å². The van der Waals surface area contributed by atoms with Crippen molar-refractivity contribution in [3.05, 3.63) is 72.7 Å². The van der Waals surface area contributed by atoms with Crippen LogP contribution in [0.3, 0.4) is 0 Å². The van der Waals surface area contributed by atoms with Crippen molar-refractivity contribution in [1.29, 1.82) is 0 Å². The Morgan fingerprint density at radius 1 is 1.07 bits per heavy atom. The van der Waals surface area contributed by atoms with E-state index in [4.69, 9.17) is 15.3 Å². The fraction of sp³-hybridized carbons (Fsp3) is 0.345. The number of benzene rings is 2. The van der Waals surface area contributed by atoms with Crippen molar-refractivity contribution in [3.63, 3.8) is 0 Å². The number of fused-ring (bicyclic) bond motifs is 1. The van der Waals surface area contributed by atoms with E-state index in [2.05, 4.69) is 25.5 Å². The van der Waals surface area contributed by atoms with E-state index < -0.39 is 23.1 Å². The molecule has 0 atom stereocenters. The minimum Gasteiger partial charge on any atom is -0.487 e. The van der Waals surface area contributed by atoms with Crippen molar-refractivity contribution in [2.75, 3.05) is 23.0 Å². The van der Waals surface area contributed by atoms with Gasteiger partial charge in [0.15, 0.2) is 5.65 Å². The monoisotopic (exact) mass is 558 g/mol. The normalized spacial score (nSPS) is 14.9. The number of carbonyl (C=O) groups is 2. The molecule has 5 rings (SSSR count). The Morgan fingerprint density at radius 2 is 1.78 bits per heavy atom. The molecule has 0 bridgehead atoms. The van der Waals surface area contributed by atoms with E-state index in [0.29, 0.717) is 42.6 Å². The molecule has 4 N–H and O–H groups in total. The van der Waals surface area contributed by atoms with Crippen molar-refractivity contribution in [2.45, 2.75) is 51.4 Å². The number of nitrogens with two attached hydrogens (primary N) is 1. The minimum absolute atomic E-state index is 0.259. The van der Waals surface area contributed by atoms with Gasteiger partial charge in [-0.3, -0.25) is 9.89 Å². The number of ether oxygens (including phenoxy) is 2. The number of anilines is 2. The second kappa shape index (κ2) is 11.4. The second-order valence-electron chi connectivity index (χ2n) is 10.9. The lowest BCUT2D eigenvalue weighted by atomic mass is 9.86. The maximum absolute atomic E-state index is 14.2. The van der Waals surface area contributed by atoms with Crippen LogP contribution >= 0.6 is 0 Å². The van der Waals surface area contributed by atoms with Crippen LogP contribution < -0.4 is 25.8 Å². The summed E-state index contributed by atoms with van der Waals surface area (Å²) >= 11 is 0. The highest BCUT2D eigenvalue weighted by Crippen LogP contribution is 2.34. The summed E-state index contributed by atoms with van der Waals surface area (Å²) in [6.45, 7) is 6.44. The fourth-order valence-electron chi connectivity index (χ4n) is 4.85. The lowest BCUT2D eigenvalue weighted by Crippen LogP contribution is -2.65. The summed E-state index contributed by atoms with van der Waals surface area (Å²) < 4.78 is 11.6. The molecule has 41 heavy (non-hydrogen) atoms. The van der Waals surface area contributed by atoms with Crippen molar-refractivity contribution in [3.8, 4) is 5.75 Å². The number of piperidine rings is 1. The number of alkyl carbamates (subject to hydrolysis) is 1. The quantitative estimate of drug-likeness (QED) is 0.175. The molecule has 0 saturated carbocycles. The van der Waals surface area contributed by atoms with E-state index in [9.17, 15) is 9.59 Å². The standard InChI is InChI=1S/C29H34N8O4/c1-28(2,3)41-27(39)34-29(13-15-36(16-14-29)25-21-17-33-35-24(21)31-19-32-25)26(38)37(30)22-11-7-8-12-23(22)40-18-20-9-5-4-6-10-20/h4-12,17,19H,13-16,18,30H2,1-3H3,(H,34,39)(H,31,32,33,35). The van der Waals surface area contributed by atoms with Gasteiger partial charge < -0.3 is 19.7 Å². The number of hydrazine groups is 1. The largest absolute Gasteiger partial charge is 0.487 e. The van der Waals surface area contributed by atoms with E-state index in [1.165, 1.54) is 6.33 Å². The predicted octanol–water partition coefficient (Wildman–Crippen LogP) is 3.70. The van der Waals surface area contributed by atoms with Crippen LogP contribution in [0.4, 0.5) is 16.3 Å². The van der Waals surface area contributed by atoms with Crippen molar-refractivity contribution in [2.24, 2.45) is 5.84 Å². The van der Waals surface area contributed by atoms with Crippen LogP contribution in [-0.4, -0.2) is 56.4 Å². The molecule has 1 saturated heterocycles. The second-order valence-corrected chi connectivity index (χ2v) is 10.9. The molecule has 0 spiro atoms. The molecule has 2 aromatic carbocycles. The molecular weight excluding hydrogens is 524 g/mol. The third-order valence-corrected chi connectivity index (χ3v) is 6.87. The first-order chi connectivity index (χ1) is 19.7. The number of hydrogen-bond acceptors (Lipinski definition) is 9. The molecule has 1 aliphatic rings. The summed E-state index contributed by atoms with van der Waals surface area (Å²) in [5.74, 6) is 7.17. The maximum atomic E-state index is 14.2. The average molecular weight is 559 g/mol. The van der Waals surface area contributed by atoms with Gasteiger partial charge in [0.2, 0.25) is 0 Å². The zero-order valence-corrected chi connectivity index (χ0v) is 23.3. The van der Waals surface area contributed by atoms with Gasteiger partial charge in [-0.25, -0.2) is 25.6 Å². The summed E-state index contributed by atoms with van der Waals surface area (Å²) in [5, 5.41) is 11.6. The van der Waals surface area contributed by atoms with Gasteiger partial charge in [0.25, 0.3) is 5.91 Å². The van der Waals surface area contributed by atoms with Crippen LogP contribution in [0.25, 0.3) is 11.0 Å². The number of nitrogens with one attached hydrogen (secondary N) is 2. The van der Waals surface area contributed by atoms with Gasteiger partial charge in [-0.2, -0.15) is 5.10 Å². The molecule has 3 heterocycles. The van der Waals surface area contributed by atoms with E-state index in [1.54, 1.807) is 45.2 Å². The topological polar surface area (TPSA) is 152 Å². The number of carbonyl (C=O) groups excluding carboxylic acids is 2. The molecule has 0 aliphatic carbocycles. The maximum Gasteiger partial charge on any atom is 0.408 e. The first-order valence-corrected chi connectivity index (χ1v) is 13.4. The van der Waals surface area contributed by atoms with Gasteiger partial charge in [-0.05, 0) is 51.3 Å². The Hall–Kier alpha value is -4.71. The Labute approximate surface area is 237 Å². The molecule has 12 heteroatoms. The van der Waals surface area contributed by atoms with Crippen LogP contribution in [0, 0.1) is 0 Å². The molecule has 12 nitrogen and oxygen atoms in total. The van der Waals surface area contributed by atoms with E-state index >= 15 is 0 Å². The van der Waals surface area contributed by atoms with Gasteiger partial charge in [0.05, 0.1) is 11.6 Å². The smallest absolute Gasteiger partial charge is 0.408 e. The number of nitrogens with zero attached hydrogens (tertiary/aromatic N) is 5. The average Bonchev–Trinajstić information content (AvgIpc) is 3.45.